The van der Waals surface area contributed by atoms with Crippen molar-refractivity contribution in [3.05, 3.63) is 57.9 Å². The van der Waals surface area contributed by atoms with Crippen LogP contribution in [-0.4, -0.2) is 45.9 Å². The molecule has 0 aliphatic rings. The largest absolute Gasteiger partial charge is 0.451 e. The van der Waals surface area contributed by atoms with Gasteiger partial charge >= 0.3 is 5.97 Å². The number of esters is 1. The highest BCUT2D eigenvalue weighted by Gasteiger charge is 2.20. The van der Waals surface area contributed by atoms with Crippen molar-refractivity contribution >= 4 is 34.8 Å². The fourth-order valence-electron chi connectivity index (χ4n) is 3.08. The van der Waals surface area contributed by atoms with Crippen molar-refractivity contribution in [1.29, 1.82) is 0 Å². The van der Waals surface area contributed by atoms with Crippen LogP contribution < -0.4 is 10.6 Å². The summed E-state index contributed by atoms with van der Waals surface area (Å²) in [5.41, 5.74) is 4.17. The molecule has 0 fully saturated rings. The summed E-state index contributed by atoms with van der Waals surface area (Å²) >= 11 is 1.09. The minimum atomic E-state index is -0.673. The first-order valence-corrected chi connectivity index (χ1v) is 10.6. The van der Waals surface area contributed by atoms with Gasteiger partial charge < -0.3 is 15.4 Å². The number of hydrogen-bond acceptors (Lipinski definition) is 8. The van der Waals surface area contributed by atoms with Gasteiger partial charge in [0.05, 0.1) is 12.2 Å². The average Bonchev–Trinajstić information content (AvgIpc) is 3.15. The standard InChI is InChI=1S/C22H23N5O4S/c1-12-8-13(2)18(14(3)9-12)27-16(28)10-25-17(29)11-31-22(30)19-15(4)26-21(32-19)20-23-6-5-7-24-20/h5-9H,10-11H2,1-4H3,(H,25,29)(H,27,28). The molecule has 3 aromatic rings. The number of amides is 2. The Balaban J connectivity index is 1.49. The van der Waals surface area contributed by atoms with E-state index < -0.39 is 18.5 Å². The van der Waals surface area contributed by atoms with Gasteiger partial charge in [-0.05, 0) is 44.9 Å². The Hall–Kier alpha value is -3.66. The summed E-state index contributed by atoms with van der Waals surface area (Å²) in [5, 5.41) is 5.73. The van der Waals surface area contributed by atoms with E-state index in [1.165, 1.54) is 0 Å². The van der Waals surface area contributed by atoms with E-state index in [2.05, 4.69) is 25.6 Å². The molecular formula is C22H23N5O4S. The lowest BCUT2D eigenvalue weighted by molar-refractivity contribution is -0.126. The number of aryl methyl sites for hydroxylation is 4. The number of nitrogens with one attached hydrogen (secondary N) is 2. The van der Waals surface area contributed by atoms with Gasteiger partial charge in [-0.1, -0.05) is 17.7 Å². The summed E-state index contributed by atoms with van der Waals surface area (Å²) in [7, 11) is 0. The van der Waals surface area contributed by atoms with Gasteiger partial charge in [-0.2, -0.15) is 0 Å². The van der Waals surface area contributed by atoms with Gasteiger partial charge in [-0.25, -0.2) is 19.7 Å². The normalized spacial score (nSPS) is 10.5. The zero-order valence-electron chi connectivity index (χ0n) is 18.2. The van der Waals surface area contributed by atoms with Crippen molar-refractivity contribution in [2.24, 2.45) is 0 Å². The van der Waals surface area contributed by atoms with Crippen LogP contribution in [0, 0.1) is 27.7 Å². The smallest absolute Gasteiger partial charge is 0.350 e. The van der Waals surface area contributed by atoms with Crippen LogP contribution in [-0.2, 0) is 14.3 Å². The van der Waals surface area contributed by atoms with Gasteiger partial charge in [0.25, 0.3) is 5.91 Å². The molecule has 32 heavy (non-hydrogen) atoms. The molecule has 0 spiro atoms. The zero-order chi connectivity index (χ0) is 23.3. The summed E-state index contributed by atoms with van der Waals surface area (Å²) in [6.45, 7) is 6.71. The summed E-state index contributed by atoms with van der Waals surface area (Å²) in [6.07, 6.45) is 3.16. The Labute approximate surface area is 189 Å². The Morgan fingerprint density at radius 2 is 1.66 bits per heavy atom. The number of thiazole rings is 1. The van der Waals surface area contributed by atoms with Crippen LogP contribution in [0.5, 0.6) is 0 Å². The molecule has 2 N–H and O–H groups in total. The first-order valence-electron chi connectivity index (χ1n) is 9.81. The minimum absolute atomic E-state index is 0.238. The van der Waals surface area contributed by atoms with Gasteiger partial charge in [0.15, 0.2) is 17.4 Å². The van der Waals surface area contributed by atoms with E-state index in [1.54, 1.807) is 25.4 Å². The Bertz CT molecular complexity index is 1140. The Kier molecular flexibility index (Phi) is 7.26. The van der Waals surface area contributed by atoms with E-state index in [-0.39, 0.29) is 17.3 Å². The van der Waals surface area contributed by atoms with Gasteiger partial charge in [0.1, 0.15) is 4.88 Å². The molecule has 0 saturated carbocycles. The molecule has 0 aliphatic carbocycles. The van der Waals surface area contributed by atoms with E-state index in [1.807, 2.05) is 32.9 Å². The molecule has 1 aromatic carbocycles. The number of carbonyl (C=O) groups is 3. The molecule has 0 bridgehead atoms. The molecule has 0 aliphatic heterocycles. The number of rotatable bonds is 7. The van der Waals surface area contributed by atoms with Crippen LogP contribution in [0.1, 0.15) is 32.1 Å². The topological polar surface area (TPSA) is 123 Å². The number of carbonyl (C=O) groups excluding carboxylic acids is 3. The molecule has 0 saturated heterocycles. The average molecular weight is 454 g/mol. The summed E-state index contributed by atoms with van der Waals surface area (Å²) in [6, 6.07) is 5.62. The maximum Gasteiger partial charge on any atom is 0.350 e. The number of benzene rings is 1. The monoisotopic (exact) mass is 453 g/mol. The van der Waals surface area contributed by atoms with Gasteiger partial charge in [0.2, 0.25) is 5.91 Å². The van der Waals surface area contributed by atoms with E-state index in [0.29, 0.717) is 16.5 Å². The van der Waals surface area contributed by atoms with Crippen molar-refractivity contribution in [2.75, 3.05) is 18.5 Å². The van der Waals surface area contributed by atoms with Crippen LogP contribution in [0.25, 0.3) is 10.8 Å². The summed E-state index contributed by atoms with van der Waals surface area (Å²) in [5.74, 6) is -1.22. The number of ether oxygens (including phenoxy) is 1. The summed E-state index contributed by atoms with van der Waals surface area (Å²) in [4.78, 5) is 49.3. The number of aromatic nitrogens is 3. The second kappa shape index (κ2) is 10.1. The van der Waals surface area contributed by atoms with Crippen molar-refractivity contribution in [3.63, 3.8) is 0 Å². The number of anilines is 1. The highest BCUT2D eigenvalue weighted by atomic mass is 32.1. The fourth-order valence-corrected chi connectivity index (χ4v) is 3.99. The van der Waals surface area contributed by atoms with E-state index in [0.717, 1.165) is 33.7 Å². The first-order chi connectivity index (χ1) is 15.2. The van der Waals surface area contributed by atoms with Crippen LogP contribution in [0.4, 0.5) is 5.69 Å². The molecule has 166 valence electrons. The van der Waals surface area contributed by atoms with E-state index in [9.17, 15) is 14.4 Å². The van der Waals surface area contributed by atoms with Crippen molar-refractivity contribution in [2.45, 2.75) is 27.7 Å². The highest BCUT2D eigenvalue weighted by molar-refractivity contribution is 7.16. The molecule has 2 amide bonds. The minimum Gasteiger partial charge on any atom is -0.451 e. The molecule has 10 heteroatoms. The van der Waals surface area contributed by atoms with Crippen molar-refractivity contribution in [1.82, 2.24) is 20.3 Å². The molecular weight excluding hydrogens is 430 g/mol. The third-order valence-electron chi connectivity index (χ3n) is 4.46. The first kappa shape index (κ1) is 23.0. The van der Waals surface area contributed by atoms with E-state index in [4.69, 9.17) is 4.74 Å². The molecule has 9 nitrogen and oxygen atoms in total. The van der Waals surface area contributed by atoms with Gasteiger partial charge in [-0.3, -0.25) is 9.59 Å². The Morgan fingerprint density at radius 1 is 1.00 bits per heavy atom. The van der Waals surface area contributed by atoms with Crippen LogP contribution in [0.15, 0.2) is 30.6 Å². The van der Waals surface area contributed by atoms with E-state index >= 15 is 0 Å². The second-order valence-corrected chi connectivity index (χ2v) is 8.18. The molecule has 2 aromatic heterocycles. The third kappa shape index (κ3) is 5.73. The number of hydrogen-bond donors (Lipinski definition) is 2. The molecule has 0 radical (unpaired) electrons. The lowest BCUT2D eigenvalue weighted by Gasteiger charge is -2.13. The van der Waals surface area contributed by atoms with Crippen molar-refractivity contribution in [3.8, 4) is 10.8 Å². The SMILES string of the molecule is Cc1cc(C)c(NC(=O)CNC(=O)COC(=O)c2sc(-c3ncccn3)nc2C)c(C)c1. The van der Waals surface area contributed by atoms with Crippen molar-refractivity contribution < 1.29 is 19.1 Å². The predicted octanol–water partition coefficient (Wildman–Crippen LogP) is 2.75. The molecule has 0 unspecified atom stereocenters. The van der Waals surface area contributed by atoms with Gasteiger partial charge in [0, 0.05) is 18.1 Å². The van der Waals surface area contributed by atoms with Crippen LogP contribution in [0.2, 0.25) is 0 Å². The zero-order valence-corrected chi connectivity index (χ0v) is 19.0. The maximum absolute atomic E-state index is 12.3. The second-order valence-electron chi connectivity index (χ2n) is 7.18. The maximum atomic E-state index is 12.3. The Morgan fingerprint density at radius 3 is 2.31 bits per heavy atom. The molecule has 0 atom stereocenters. The van der Waals surface area contributed by atoms with Crippen LogP contribution in [0.3, 0.4) is 0 Å². The third-order valence-corrected chi connectivity index (χ3v) is 5.59. The fraction of sp³-hybridized carbons (Fsp3) is 0.273. The van der Waals surface area contributed by atoms with Crippen LogP contribution >= 0.6 is 11.3 Å². The summed E-state index contributed by atoms with van der Waals surface area (Å²) < 4.78 is 5.07. The van der Waals surface area contributed by atoms with Gasteiger partial charge in [-0.15, -0.1) is 11.3 Å². The molecule has 3 rings (SSSR count). The number of nitrogens with zero attached hydrogens (tertiary/aromatic N) is 3. The molecule has 2 heterocycles. The predicted molar refractivity (Wildman–Crippen MR) is 120 cm³/mol. The lowest BCUT2D eigenvalue weighted by Crippen LogP contribution is -2.35. The highest BCUT2D eigenvalue weighted by Crippen LogP contribution is 2.25. The lowest BCUT2D eigenvalue weighted by atomic mass is 10.1. The quantitative estimate of drug-likeness (QED) is 0.527.